The Balaban J connectivity index is 3.17. The van der Waals surface area contributed by atoms with E-state index in [1.807, 2.05) is 30.3 Å². The third-order valence-corrected chi connectivity index (χ3v) is 2.29. The van der Waals surface area contributed by atoms with Crippen LogP contribution in [0.15, 0.2) is 36.2 Å². The van der Waals surface area contributed by atoms with Gasteiger partial charge >= 0.3 is 0 Å². The fourth-order valence-corrected chi connectivity index (χ4v) is 1.63. The Bertz CT molecular complexity index is 427. The number of rotatable bonds is 5. The maximum absolute atomic E-state index is 9.39. The average Bonchev–Trinajstić information content (AvgIpc) is 2.29. The molecule has 0 aliphatic rings. The number of benzene rings is 1. The number of allylic oxidation sites excluding steroid dienone is 1. The average molecular weight is 243 g/mol. The Morgan fingerprint density at radius 1 is 1.00 bits per heavy atom. The van der Waals surface area contributed by atoms with Gasteiger partial charge in [-0.1, -0.05) is 30.3 Å². The van der Waals surface area contributed by atoms with Crippen molar-refractivity contribution in [2.45, 2.75) is 39.8 Å². The van der Waals surface area contributed by atoms with E-state index in [0.717, 1.165) is 11.4 Å². The van der Waals surface area contributed by atoms with Crippen molar-refractivity contribution in [1.29, 1.82) is 5.26 Å². The van der Waals surface area contributed by atoms with Gasteiger partial charge in [-0.05, 0) is 33.3 Å². The highest BCUT2D eigenvalue weighted by molar-refractivity contribution is 5.78. The van der Waals surface area contributed by atoms with Crippen LogP contribution in [0.2, 0.25) is 0 Å². The van der Waals surface area contributed by atoms with E-state index in [1.54, 1.807) is 0 Å². The first-order valence-electron chi connectivity index (χ1n) is 6.27. The smallest absolute Gasteiger partial charge is 0.118 e. The Kier molecular flexibility index (Phi) is 5.26. The van der Waals surface area contributed by atoms with Crippen molar-refractivity contribution in [2.24, 2.45) is 0 Å². The molecule has 0 aromatic heterocycles. The van der Waals surface area contributed by atoms with E-state index in [9.17, 15) is 5.26 Å². The van der Waals surface area contributed by atoms with Crippen LogP contribution in [-0.4, -0.2) is 12.1 Å². The largest absolute Gasteiger partial charge is 0.369 e. The van der Waals surface area contributed by atoms with E-state index < -0.39 is 0 Å². The Hall–Kier alpha value is -1.95. The minimum Gasteiger partial charge on any atom is -0.369 e. The molecule has 1 aromatic rings. The lowest BCUT2D eigenvalue weighted by Crippen LogP contribution is -2.35. The quantitative estimate of drug-likeness (QED) is 0.782. The summed E-state index contributed by atoms with van der Waals surface area (Å²) < 4.78 is 0. The Morgan fingerprint density at radius 3 is 1.89 bits per heavy atom. The third-order valence-electron chi connectivity index (χ3n) is 2.29. The van der Waals surface area contributed by atoms with Crippen molar-refractivity contribution in [2.75, 3.05) is 0 Å². The number of hydrogen-bond acceptors (Lipinski definition) is 3. The van der Waals surface area contributed by atoms with Gasteiger partial charge in [0, 0.05) is 12.1 Å². The highest BCUT2D eigenvalue weighted by atomic mass is 15.1. The molecule has 0 saturated carbocycles. The summed E-state index contributed by atoms with van der Waals surface area (Å²) in [6.45, 7) is 8.23. The fourth-order valence-electron chi connectivity index (χ4n) is 1.63. The SMILES string of the molecule is CC(C)NC(NC(C)C)=C(C#N)c1ccccc1. The van der Waals surface area contributed by atoms with Crippen molar-refractivity contribution in [3.05, 3.63) is 41.7 Å². The summed E-state index contributed by atoms with van der Waals surface area (Å²) in [5.41, 5.74) is 1.58. The molecular formula is C15H21N3. The molecule has 3 heteroatoms. The molecule has 0 saturated heterocycles. The predicted molar refractivity (Wildman–Crippen MR) is 75.5 cm³/mol. The monoisotopic (exact) mass is 243 g/mol. The molecule has 0 aliphatic carbocycles. The second-order valence-electron chi connectivity index (χ2n) is 4.83. The summed E-state index contributed by atoms with van der Waals surface area (Å²) in [7, 11) is 0. The molecule has 3 nitrogen and oxygen atoms in total. The first-order chi connectivity index (χ1) is 8.54. The number of nitrogens with zero attached hydrogens (tertiary/aromatic N) is 1. The van der Waals surface area contributed by atoms with Crippen LogP contribution in [0, 0.1) is 11.3 Å². The van der Waals surface area contributed by atoms with Gasteiger partial charge in [0.25, 0.3) is 0 Å². The van der Waals surface area contributed by atoms with Gasteiger partial charge in [0.05, 0.1) is 5.57 Å². The van der Waals surface area contributed by atoms with E-state index in [2.05, 4.69) is 44.4 Å². The molecule has 96 valence electrons. The molecule has 2 N–H and O–H groups in total. The molecule has 0 fully saturated rings. The van der Waals surface area contributed by atoms with Crippen LogP contribution in [0.1, 0.15) is 33.3 Å². The lowest BCUT2D eigenvalue weighted by atomic mass is 10.1. The normalized spacial score (nSPS) is 10.1. The molecular weight excluding hydrogens is 222 g/mol. The Morgan fingerprint density at radius 2 is 1.50 bits per heavy atom. The van der Waals surface area contributed by atoms with Gasteiger partial charge in [0.15, 0.2) is 0 Å². The van der Waals surface area contributed by atoms with Crippen molar-refractivity contribution in [3.63, 3.8) is 0 Å². The number of nitriles is 1. The second-order valence-corrected chi connectivity index (χ2v) is 4.83. The molecule has 0 heterocycles. The van der Waals surface area contributed by atoms with Crippen LogP contribution in [-0.2, 0) is 0 Å². The molecule has 18 heavy (non-hydrogen) atoms. The van der Waals surface area contributed by atoms with Crippen LogP contribution in [0.5, 0.6) is 0 Å². The molecule has 0 atom stereocenters. The molecule has 0 bridgehead atoms. The van der Waals surface area contributed by atoms with Crippen LogP contribution >= 0.6 is 0 Å². The molecule has 0 radical (unpaired) electrons. The minimum atomic E-state index is 0.276. The van der Waals surface area contributed by atoms with E-state index in [1.165, 1.54) is 0 Å². The number of hydrogen-bond donors (Lipinski definition) is 2. The topological polar surface area (TPSA) is 47.8 Å². The minimum absolute atomic E-state index is 0.276. The molecule has 0 spiro atoms. The lowest BCUT2D eigenvalue weighted by Gasteiger charge is -2.20. The standard InChI is InChI=1S/C15H21N3/c1-11(2)17-15(18-12(3)4)14(10-16)13-8-6-5-7-9-13/h5-9,11-12,17-18H,1-4H3. The van der Waals surface area contributed by atoms with Crippen LogP contribution in [0.4, 0.5) is 0 Å². The summed E-state index contributed by atoms with van der Waals surface area (Å²) in [4.78, 5) is 0. The van der Waals surface area contributed by atoms with Crippen LogP contribution in [0.3, 0.4) is 0 Å². The zero-order valence-electron chi connectivity index (χ0n) is 11.5. The van der Waals surface area contributed by atoms with E-state index in [-0.39, 0.29) is 12.1 Å². The fraction of sp³-hybridized carbons (Fsp3) is 0.400. The summed E-state index contributed by atoms with van der Waals surface area (Å²) in [6.07, 6.45) is 0. The Labute approximate surface area is 110 Å². The lowest BCUT2D eigenvalue weighted by molar-refractivity contribution is 0.569. The van der Waals surface area contributed by atoms with Gasteiger partial charge in [-0.25, -0.2) is 0 Å². The van der Waals surface area contributed by atoms with E-state index in [4.69, 9.17) is 0 Å². The van der Waals surface area contributed by atoms with Crippen LogP contribution in [0.25, 0.3) is 5.57 Å². The van der Waals surface area contributed by atoms with Crippen molar-refractivity contribution in [1.82, 2.24) is 10.6 Å². The first-order valence-corrected chi connectivity index (χ1v) is 6.27. The highest BCUT2D eigenvalue weighted by Gasteiger charge is 2.11. The maximum Gasteiger partial charge on any atom is 0.118 e. The van der Waals surface area contributed by atoms with Crippen LogP contribution < -0.4 is 10.6 Å². The van der Waals surface area contributed by atoms with Crippen molar-refractivity contribution in [3.8, 4) is 6.07 Å². The number of nitrogens with one attached hydrogen (secondary N) is 2. The van der Waals surface area contributed by atoms with Gasteiger partial charge < -0.3 is 10.6 Å². The molecule has 0 amide bonds. The van der Waals surface area contributed by atoms with Gasteiger partial charge in [-0.2, -0.15) is 5.26 Å². The third kappa shape index (κ3) is 4.14. The van der Waals surface area contributed by atoms with Crippen molar-refractivity contribution >= 4 is 5.57 Å². The van der Waals surface area contributed by atoms with E-state index >= 15 is 0 Å². The highest BCUT2D eigenvalue weighted by Crippen LogP contribution is 2.15. The second kappa shape index (κ2) is 6.70. The summed E-state index contributed by atoms with van der Waals surface area (Å²) >= 11 is 0. The van der Waals surface area contributed by atoms with Gasteiger partial charge in [0.2, 0.25) is 0 Å². The van der Waals surface area contributed by atoms with E-state index in [0.29, 0.717) is 5.57 Å². The predicted octanol–water partition coefficient (Wildman–Crippen LogP) is 2.87. The molecule has 1 aromatic carbocycles. The first kappa shape index (κ1) is 14.1. The zero-order chi connectivity index (χ0) is 13.5. The maximum atomic E-state index is 9.39. The summed E-state index contributed by atoms with van der Waals surface area (Å²) in [5.74, 6) is 0.800. The zero-order valence-corrected chi connectivity index (χ0v) is 11.5. The van der Waals surface area contributed by atoms with Gasteiger partial charge in [-0.15, -0.1) is 0 Å². The van der Waals surface area contributed by atoms with Crippen molar-refractivity contribution < 1.29 is 0 Å². The molecule has 0 unspecified atom stereocenters. The summed E-state index contributed by atoms with van der Waals surface area (Å²) in [5, 5.41) is 16.0. The molecule has 0 aliphatic heterocycles. The summed E-state index contributed by atoms with van der Waals surface area (Å²) in [6, 6.07) is 12.6. The van der Waals surface area contributed by atoms with Gasteiger partial charge in [0.1, 0.15) is 11.9 Å². The molecule has 1 rings (SSSR count). The van der Waals surface area contributed by atoms with Gasteiger partial charge in [-0.3, -0.25) is 0 Å².